The molecule has 296 valence electrons. The number of carbonyl (C=O) groups excluding carboxylic acids is 4. The lowest BCUT2D eigenvalue weighted by molar-refractivity contribution is -0.136. The van der Waals surface area contributed by atoms with Crippen molar-refractivity contribution in [2.24, 2.45) is 17.3 Å². The zero-order valence-electron chi connectivity index (χ0n) is 33.2. The van der Waals surface area contributed by atoms with Crippen LogP contribution >= 0.6 is 0 Å². The number of alkyl carbamates (subject to hydrolysis) is 2. The SMILES string of the molecule is COC(=O)N[C@H](C(=O)N(Cc1nc2ccc(C#Cc3ccc(-c4cnc([C@@H]5CCCN5C(=O)[C@@H](NC(=O)OC)C(C)C)[nH]4)cc3)cc2[nH]1)CC1(C)CC1)C(C)C. The third-order valence-electron chi connectivity index (χ3n) is 10.6. The fourth-order valence-corrected chi connectivity index (χ4v) is 7.06. The highest BCUT2D eigenvalue weighted by Gasteiger charge is 2.42. The molecule has 4 aromatic rings. The van der Waals surface area contributed by atoms with Gasteiger partial charge in [0.05, 0.1) is 49.7 Å². The summed E-state index contributed by atoms with van der Waals surface area (Å²) in [7, 11) is 2.57. The molecule has 1 aliphatic heterocycles. The van der Waals surface area contributed by atoms with Crippen LogP contribution in [0.25, 0.3) is 22.3 Å². The van der Waals surface area contributed by atoms with Crippen molar-refractivity contribution in [2.45, 2.75) is 85.0 Å². The molecule has 0 spiro atoms. The zero-order chi connectivity index (χ0) is 40.1. The average Bonchev–Trinajstić information content (AvgIpc) is 3.59. The Balaban J connectivity index is 1.12. The van der Waals surface area contributed by atoms with Gasteiger partial charge in [0.15, 0.2) is 0 Å². The number of ether oxygens (including phenoxy) is 2. The van der Waals surface area contributed by atoms with Gasteiger partial charge >= 0.3 is 12.2 Å². The number of imidazole rings is 2. The zero-order valence-corrected chi connectivity index (χ0v) is 33.2. The Bertz CT molecular complexity index is 2120. The van der Waals surface area contributed by atoms with Crippen LogP contribution in [-0.4, -0.2) is 93.1 Å². The van der Waals surface area contributed by atoms with E-state index in [0.717, 1.165) is 59.1 Å². The average molecular weight is 765 g/mol. The van der Waals surface area contributed by atoms with Crippen LogP contribution in [0.4, 0.5) is 9.59 Å². The Kier molecular flexibility index (Phi) is 12.0. The minimum absolute atomic E-state index is 0.0554. The van der Waals surface area contributed by atoms with Gasteiger partial charge in [0, 0.05) is 24.2 Å². The monoisotopic (exact) mass is 764 g/mol. The maximum absolute atomic E-state index is 13.8. The van der Waals surface area contributed by atoms with Crippen molar-refractivity contribution in [1.82, 2.24) is 40.4 Å². The fraction of sp³-hybridized carbons (Fsp3) is 0.476. The molecule has 14 heteroatoms. The molecule has 0 radical (unpaired) electrons. The van der Waals surface area contributed by atoms with E-state index in [4.69, 9.17) is 14.5 Å². The second-order valence-electron chi connectivity index (χ2n) is 15.8. The van der Waals surface area contributed by atoms with Crippen LogP contribution in [0, 0.1) is 29.1 Å². The molecule has 6 rings (SSSR count). The molecule has 1 aliphatic carbocycles. The van der Waals surface area contributed by atoms with Gasteiger partial charge in [-0.25, -0.2) is 19.6 Å². The number of nitrogens with one attached hydrogen (secondary N) is 4. The van der Waals surface area contributed by atoms with Crippen LogP contribution in [0.3, 0.4) is 0 Å². The lowest BCUT2D eigenvalue weighted by atomic mass is 10.0. The van der Waals surface area contributed by atoms with Crippen molar-refractivity contribution in [3.8, 4) is 23.1 Å². The number of benzene rings is 2. The number of rotatable bonds is 12. The standard InChI is InChI=1S/C42H52N8O6/c1-25(2)35(47-40(53)55-6)38(51)49(24-42(5)18-19-42)23-34-44-30-17-14-28(21-31(30)45-34)11-10-27-12-15-29(16-13-27)32-22-43-37(46-32)33-9-8-20-50(33)39(52)36(26(3)4)48-41(54)56-7/h12-17,21-22,25-26,33,35-36H,8-9,18-20,23-24H2,1-7H3,(H,43,46)(H,44,45)(H,47,53)(H,48,54)/t33-,35-,36-/m0/s1. The van der Waals surface area contributed by atoms with Crippen LogP contribution in [0.15, 0.2) is 48.7 Å². The predicted octanol–water partition coefficient (Wildman–Crippen LogP) is 5.91. The lowest BCUT2D eigenvalue weighted by Gasteiger charge is -2.31. The van der Waals surface area contributed by atoms with E-state index in [1.165, 1.54) is 14.2 Å². The normalized spacial score (nSPS) is 16.9. The third kappa shape index (κ3) is 9.33. The van der Waals surface area contributed by atoms with E-state index >= 15 is 0 Å². The van der Waals surface area contributed by atoms with Crippen molar-refractivity contribution in [2.75, 3.05) is 27.3 Å². The summed E-state index contributed by atoms with van der Waals surface area (Å²) in [6, 6.07) is 12.0. The molecule has 2 aromatic carbocycles. The minimum atomic E-state index is -0.718. The quantitative estimate of drug-likeness (QED) is 0.129. The van der Waals surface area contributed by atoms with E-state index in [0.29, 0.717) is 24.7 Å². The van der Waals surface area contributed by atoms with Crippen molar-refractivity contribution < 1.29 is 28.7 Å². The minimum Gasteiger partial charge on any atom is -0.453 e. The highest BCUT2D eigenvalue weighted by Crippen LogP contribution is 2.45. The number of hydrogen-bond donors (Lipinski definition) is 4. The fourth-order valence-electron chi connectivity index (χ4n) is 7.06. The molecular formula is C42H52N8O6. The van der Waals surface area contributed by atoms with E-state index in [-0.39, 0.29) is 41.7 Å². The molecule has 2 fully saturated rings. The van der Waals surface area contributed by atoms with Gasteiger partial charge in [-0.2, -0.15) is 0 Å². The molecule has 2 aliphatic rings. The van der Waals surface area contributed by atoms with Crippen LogP contribution in [0.2, 0.25) is 0 Å². The van der Waals surface area contributed by atoms with Gasteiger partial charge in [0.25, 0.3) is 0 Å². The molecule has 1 saturated carbocycles. The number of carbonyl (C=O) groups is 4. The molecule has 2 aromatic heterocycles. The predicted molar refractivity (Wildman–Crippen MR) is 211 cm³/mol. The first-order valence-corrected chi connectivity index (χ1v) is 19.2. The van der Waals surface area contributed by atoms with E-state index in [1.807, 2.05) is 70.2 Å². The molecule has 14 nitrogen and oxygen atoms in total. The van der Waals surface area contributed by atoms with E-state index in [1.54, 1.807) is 16.0 Å². The molecule has 4 N–H and O–H groups in total. The summed E-state index contributed by atoms with van der Waals surface area (Å²) in [5, 5.41) is 5.40. The number of fused-ring (bicyclic) bond motifs is 1. The summed E-state index contributed by atoms with van der Waals surface area (Å²) in [6.07, 6.45) is 4.22. The van der Waals surface area contributed by atoms with Gasteiger partial charge in [-0.3, -0.25) is 9.59 Å². The van der Waals surface area contributed by atoms with E-state index in [2.05, 4.69) is 44.4 Å². The van der Waals surface area contributed by atoms with Gasteiger partial charge in [-0.1, -0.05) is 58.6 Å². The first kappa shape index (κ1) is 39.8. The number of hydrogen-bond acceptors (Lipinski definition) is 8. The molecule has 3 heterocycles. The molecular weight excluding hydrogens is 713 g/mol. The number of nitrogens with zero attached hydrogens (tertiary/aromatic N) is 4. The Hall–Kier alpha value is -5.84. The Morgan fingerprint density at radius 3 is 2.21 bits per heavy atom. The summed E-state index contributed by atoms with van der Waals surface area (Å²) in [5.41, 5.74) is 5.07. The molecule has 0 bridgehead atoms. The molecule has 4 amide bonds. The topological polar surface area (TPSA) is 175 Å². The molecule has 56 heavy (non-hydrogen) atoms. The van der Waals surface area contributed by atoms with Crippen LogP contribution in [-0.2, 0) is 25.6 Å². The van der Waals surface area contributed by atoms with Gasteiger partial charge < -0.3 is 39.9 Å². The van der Waals surface area contributed by atoms with Gasteiger partial charge in [-0.05, 0) is 78.8 Å². The summed E-state index contributed by atoms with van der Waals surface area (Å²) in [5.74, 6) is 7.32. The second-order valence-corrected chi connectivity index (χ2v) is 15.8. The van der Waals surface area contributed by atoms with Crippen LogP contribution in [0.1, 0.15) is 89.1 Å². The first-order valence-electron chi connectivity index (χ1n) is 19.2. The molecule has 3 atom stereocenters. The van der Waals surface area contributed by atoms with Crippen LogP contribution in [0.5, 0.6) is 0 Å². The highest BCUT2D eigenvalue weighted by molar-refractivity contribution is 5.87. The van der Waals surface area contributed by atoms with Gasteiger partial charge in [0.1, 0.15) is 23.7 Å². The Morgan fingerprint density at radius 2 is 1.57 bits per heavy atom. The number of aromatic amines is 2. The summed E-state index contributed by atoms with van der Waals surface area (Å²) in [6.45, 7) is 11.2. The summed E-state index contributed by atoms with van der Waals surface area (Å²) < 4.78 is 9.53. The first-order chi connectivity index (χ1) is 26.8. The van der Waals surface area contributed by atoms with Crippen molar-refractivity contribution in [1.29, 1.82) is 0 Å². The second kappa shape index (κ2) is 16.9. The maximum atomic E-state index is 13.8. The largest absolute Gasteiger partial charge is 0.453 e. The number of likely N-dealkylation sites (tertiary alicyclic amines) is 1. The summed E-state index contributed by atoms with van der Waals surface area (Å²) in [4.78, 5) is 71.1. The smallest absolute Gasteiger partial charge is 0.407 e. The molecule has 0 unspecified atom stereocenters. The summed E-state index contributed by atoms with van der Waals surface area (Å²) >= 11 is 0. The lowest BCUT2D eigenvalue weighted by Crippen LogP contribution is -2.52. The van der Waals surface area contributed by atoms with E-state index in [9.17, 15) is 19.2 Å². The van der Waals surface area contributed by atoms with E-state index < -0.39 is 24.3 Å². The number of H-pyrrole nitrogens is 2. The third-order valence-corrected chi connectivity index (χ3v) is 10.6. The maximum Gasteiger partial charge on any atom is 0.407 e. The highest BCUT2D eigenvalue weighted by atomic mass is 16.5. The van der Waals surface area contributed by atoms with Gasteiger partial charge in [0.2, 0.25) is 11.8 Å². The number of aromatic nitrogens is 4. The molecule has 1 saturated heterocycles. The van der Waals surface area contributed by atoms with Gasteiger partial charge in [-0.15, -0.1) is 0 Å². The van der Waals surface area contributed by atoms with Crippen molar-refractivity contribution >= 4 is 35.0 Å². The number of methoxy groups -OCH3 is 2. The van der Waals surface area contributed by atoms with Crippen molar-refractivity contribution in [3.63, 3.8) is 0 Å². The van der Waals surface area contributed by atoms with Crippen molar-refractivity contribution in [3.05, 3.63) is 71.4 Å². The number of amides is 4. The van der Waals surface area contributed by atoms with Crippen LogP contribution < -0.4 is 10.6 Å². The Labute approximate surface area is 327 Å². The Morgan fingerprint density at radius 1 is 0.929 bits per heavy atom.